The van der Waals surface area contributed by atoms with Gasteiger partial charge in [0, 0.05) is 12.6 Å². The number of alkyl halides is 3. The first-order valence-electron chi connectivity index (χ1n) is 13.1. The lowest BCUT2D eigenvalue weighted by atomic mass is 10.1. The molecule has 0 aromatic heterocycles. The van der Waals surface area contributed by atoms with Crippen molar-refractivity contribution in [2.45, 2.75) is 63.8 Å². The van der Waals surface area contributed by atoms with Gasteiger partial charge in [-0.1, -0.05) is 61.0 Å². The number of hydrogen-bond donors (Lipinski definition) is 1. The number of rotatable bonds is 11. The molecule has 0 aliphatic carbocycles. The lowest BCUT2D eigenvalue weighted by Crippen LogP contribution is -2.52. The molecule has 0 radical (unpaired) electrons. The molecule has 0 saturated heterocycles. The monoisotopic (exact) mass is 589 g/mol. The molecule has 0 bridgehead atoms. The molecule has 2 amide bonds. The van der Waals surface area contributed by atoms with Crippen molar-refractivity contribution in [1.29, 1.82) is 0 Å². The van der Waals surface area contributed by atoms with Gasteiger partial charge in [-0.25, -0.2) is 8.42 Å². The van der Waals surface area contributed by atoms with Gasteiger partial charge < -0.3 is 10.2 Å². The second-order valence-electron chi connectivity index (χ2n) is 9.87. The van der Waals surface area contributed by atoms with E-state index < -0.39 is 46.2 Å². The fraction of sp³-hybridized carbons (Fsp3) is 0.333. The van der Waals surface area contributed by atoms with E-state index in [0.29, 0.717) is 22.4 Å². The van der Waals surface area contributed by atoms with Gasteiger partial charge in [-0.2, -0.15) is 13.2 Å². The SMILES string of the molecule is CC[C@@H](C)NC(=O)[C@H](C)N(Cc1ccc(C)cc1)C(=O)CN(c1cccc(C(F)(F)F)c1)S(=O)(=O)c1ccccc1. The quantitative estimate of drug-likeness (QED) is 0.318. The second-order valence-corrected chi connectivity index (χ2v) is 11.7. The third-order valence-electron chi connectivity index (χ3n) is 6.71. The van der Waals surface area contributed by atoms with Crippen LogP contribution in [0.4, 0.5) is 18.9 Å². The fourth-order valence-corrected chi connectivity index (χ4v) is 5.45. The third-order valence-corrected chi connectivity index (χ3v) is 8.50. The number of carbonyl (C=O) groups is 2. The molecule has 11 heteroatoms. The second kappa shape index (κ2) is 13.2. The highest BCUT2D eigenvalue weighted by atomic mass is 32.2. The number of amides is 2. The van der Waals surface area contributed by atoms with Crippen molar-refractivity contribution in [3.05, 3.63) is 95.6 Å². The zero-order valence-electron chi connectivity index (χ0n) is 23.4. The number of benzene rings is 3. The third kappa shape index (κ3) is 8.09. The predicted molar refractivity (Wildman–Crippen MR) is 152 cm³/mol. The number of aryl methyl sites for hydroxylation is 1. The van der Waals surface area contributed by atoms with Gasteiger partial charge in [-0.05, 0) is 63.1 Å². The van der Waals surface area contributed by atoms with E-state index in [2.05, 4.69) is 5.32 Å². The first kappa shape index (κ1) is 31.7. The predicted octanol–water partition coefficient (Wildman–Crippen LogP) is 5.54. The number of carbonyl (C=O) groups excluding carboxylic acids is 2. The molecule has 2 atom stereocenters. The average Bonchev–Trinajstić information content (AvgIpc) is 2.95. The van der Waals surface area contributed by atoms with Crippen LogP contribution in [0.25, 0.3) is 0 Å². The molecule has 0 unspecified atom stereocenters. The highest BCUT2D eigenvalue weighted by Crippen LogP contribution is 2.33. The first-order valence-corrected chi connectivity index (χ1v) is 14.6. The number of halogens is 3. The molecule has 0 aliphatic rings. The molecule has 0 heterocycles. The van der Waals surface area contributed by atoms with Crippen LogP contribution in [0, 0.1) is 6.92 Å². The Labute approximate surface area is 239 Å². The number of nitrogens with zero attached hydrogens (tertiary/aromatic N) is 2. The Morgan fingerprint density at radius 2 is 1.56 bits per heavy atom. The molecule has 7 nitrogen and oxygen atoms in total. The van der Waals surface area contributed by atoms with Gasteiger partial charge in [0.2, 0.25) is 11.8 Å². The van der Waals surface area contributed by atoms with E-state index >= 15 is 0 Å². The Hall–Kier alpha value is -3.86. The average molecular weight is 590 g/mol. The maximum atomic E-state index is 13.9. The summed E-state index contributed by atoms with van der Waals surface area (Å²) in [4.78, 5) is 28.0. The van der Waals surface area contributed by atoms with Gasteiger partial charge in [-0.3, -0.25) is 13.9 Å². The van der Waals surface area contributed by atoms with E-state index in [1.807, 2.05) is 32.9 Å². The van der Waals surface area contributed by atoms with Gasteiger partial charge in [0.15, 0.2) is 0 Å². The smallest absolute Gasteiger partial charge is 0.352 e. The summed E-state index contributed by atoms with van der Waals surface area (Å²) >= 11 is 0. The minimum atomic E-state index is -4.73. The molecule has 0 saturated carbocycles. The number of hydrogen-bond acceptors (Lipinski definition) is 4. The number of anilines is 1. The van der Waals surface area contributed by atoms with Crippen LogP contribution >= 0.6 is 0 Å². The largest absolute Gasteiger partial charge is 0.416 e. The summed E-state index contributed by atoms with van der Waals surface area (Å²) in [6.45, 7) is 6.30. The Kier molecular flexibility index (Phi) is 10.2. The van der Waals surface area contributed by atoms with Gasteiger partial charge in [0.05, 0.1) is 16.1 Å². The first-order chi connectivity index (χ1) is 19.2. The van der Waals surface area contributed by atoms with Crippen molar-refractivity contribution in [2.75, 3.05) is 10.8 Å². The Morgan fingerprint density at radius 3 is 2.15 bits per heavy atom. The minimum absolute atomic E-state index is 0.0178. The number of sulfonamides is 1. The summed E-state index contributed by atoms with van der Waals surface area (Å²) in [5.74, 6) is -1.19. The van der Waals surface area contributed by atoms with Gasteiger partial charge >= 0.3 is 6.18 Å². The Balaban J connectivity index is 2.07. The number of nitrogens with one attached hydrogen (secondary N) is 1. The Morgan fingerprint density at radius 1 is 0.927 bits per heavy atom. The molecule has 0 fully saturated rings. The maximum absolute atomic E-state index is 13.9. The molecular weight excluding hydrogens is 555 g/mol. The molecule has 220 valence electrons. The maximum Gasteiger partial charge on any atom is 0.416 e. The van der Waals surface area contributed by atoms with E-state index in [4.69, 9.17) is 0 Å². The van der Waals surface area contributed by atoms with E-state index in [1.54, 1.807) is 18.2 Å². The van der Waals surface area contributed by atoms with Crippen LogP contribution in [0.2, 0.25) is 0 Å². The normalized spacial score (nSPS) is 13.2. The van der Waals surface area contributed by atoms with E-state index in [9.17, 15) is 31.2 Å². The lowest BCUT2D eigenvalue weighted by molar-refractivity contribution is -0.139. The zero-order chi connectivity index (χ0) is 30.4. The van der Waals surface area contributed by atoms with Crippen LogP contribution in [-0.4, -0.2) is 43.8 Å². The lowest BCUT2D eigenvalue weighted by Gasteiger charge is -2.32. The van der Waals surface area contributed by atoms with E-state index in [-0.39, 0.29) is 23.2 Å². The summed E-state index contributed by atoms with van der Waals surface area (Å²) < 4.78 is 68.8. The molecular formula is C30H34F3N3O4S. The highest BCUT2D eigenvalue weighted by molar-refractivity contribution is 7.92. The van der Waals surface area contributed by atoms with Crippen molar-refractivity contribution in [3.63, 3.8) is 0 Å². The van der Waals surface area contributed by atoms with Crippen LogP contribution in [0.3, 0.4) is 0 Å². The van der Waals surface area contributed by atoms with Crippen LogP contribution in [0.15, 0.2) is 83.8 Å². The van der Waals surface area contributed by atoms with Gasteiger partial charge in [0.1, 0.15) is 12.6 Å². The fourth-order valence-electron chi connectivity index (χ4n) is 4.02. The summed E-state index contributed by atoms with van der Waals surface area (Å²) in [5, 5.41) is 2.84. The van der Waals surface area contributed by atoms with Gasteiger partial charge in [0.25, 0.3) is 10.0 Å². The van der Waals surface area contributed by atoms with Crippen LogP contribution in [0.5, 0.6) is 0 Å². The summed E-state index contributed by atoms with van der Waals surface area (Å²) in [6, 6.07) is 17.1. The van der Waals surface area contributed by atoms with Crippen LogP contribution < -0.4 is 9.62 Å². The molecule has 0 spiro atoms. The van der Waals surface area contributed by atoms with Gasteiger partial charge in [-0.15, -0.1) is 0 Å². The summed E-state index contributed by atoms with van der Waals surface area (Å²) in [7, 11) is -4.47. The molecule has 41 heavy (non-hydrogen) atoms. The molecule has 0 aliphatic heterocycles. The van der Waals surface area contributed by atoms with Crippen molar-refractivity contribution < 1.29 is 31.2 Å². The van der Waals surface area contributed by atoms with Crippen molar-refractivity contribution in [1.82, 2.24) is 10.2 Å². The molecule has 3 rings (SSSR count). The molecule has 1 N–H and O–H groups in total. The van der Waals surface area contributed by atoms with E-state index in [0.717, 1.165) is 17.7 Å². The molecule has 3 aromatic rings. The summed E-state index contributed by atoms with van der Waals surface area (Å²) in [6.07, 6.45) is -4.08. The summed E-state index contributed by atoms with van der Waals surface area (Å²) in [5.41, 5.74) is 0.292. The minimum Gasteiger partial charge on any atom is -0.352 e. The zero-order valence-corrected chi connectivity index (χ0v) is 24.2. The van der Waals surface area contributed by atoms with Crippen molar-refractivity contribution in [3.8, 4) is 0 Å². The topological polar surface area (TPSA) is 86.8 Å². The van der Waals surface area contributed by atoms with Crippen molar-refractivity contribution in [2.24, 2.45) is 0 Å². The van der Waals surface area contributed by atoms with Crippen LogP contribution in [0.1, 0.15) is 43.9 Å². The van der Waals surface area contributed by atoms with Crippen LogP contribution in [-0.2, 0) is 32.3 Å². The van der Waals surface area contributed by atoms with Crippen molar-refractivity contribution >= 4 is 27.5 Å². The van der Waals surface area contributed by atoms with E-state index in [1.165, 1.54) is 42.2 Å². The highest BCUT2D eigenvalue weighted by Gasteiger charge is 2.35. The Bertz CT molecular complexity index is 1450. The molecule has 3 aromatic carbocycles. The standard InChI is InChI=1S/C30H34F3N3O4S/c1-5-22(3)34-29(38)23(4)35(19-24-16-14-21(2)15-17-24)28(37)20-36(41(39,40)27-12-7-6-8-13-27)26-11-9-10-25(18-26)30(31,32)33/h6-18,22-23H,5,19-20H2,1-4H3,(H,34,38)/t22-,23+/m1/s1.